The molecule has 1 saturated heterocycles. The molecule has 0 aromatic heterocycles. The number of rotatable bonds is 5. The molecule has 1 amide bonds. The molecule has 0 atom stereocenters. The molecular weight excluding hydrogens is 290 g/mol. The zero-order valence-electron chi connectivity index (χ0n) is 14.8. The first-order valence-electron chi connectivity index (χ1n) is 8.09. The molecule has 0 aliphatic carbocycles. The van der Waals surface area contributed by atoms with Crippen LogP contribution in [0.5, 0.6) is 0 Å². The van der Waals surface area contributed by atoms with E-state index in [9.17, 15) is 10.1 Å². The Morgan fingerprint density at radius 3 is 2.52 bits per heavy atom. The second-order valence-corrected chi connectivity index (χ2v) is 7.15. The third-order valence-electron chi connectivity index (χ3n) is 3.85. The van der Waals surface area contributed by atoms with Crippen molar-refractivity contribution in [2.75, 3.05) is 26.7 Å². The number of nitriles is 1. The van der Waals surface area contributed by atoms with Gasteiger partial charge in [0.2, 0.25) is 0 Å². The maximum absolute atomic E-state index is 12.1. The summed E-state index contributed by atoms with van der Waals surface area (Å²) in [5.41, 5.74) is 0.0276. The van der Waals surface area contributed by atoms with Crippen molar-refractivity contribution in [1.82, 2.24) is 10.2 Å². The Hall–Kier alpha value is -1.80. The second-order valence-electron chi connectivity index (χ2n) is 7.15. The molecular formula is C18H29N3O2. The maximum atomic E-state index is 12.1. The molecule has 1 aliphatic heterocycles. The Morgan fingerprint density at radius 2 is 2.04 bits per heavy atom. The van der Waals surface area contributed by atoms with Crippen LogP contribution < -0.4 is 5.32 Å². The van der Waals surface area contributed by atoms with E-state index in [0.29, 0.717) is 32.4 Å². The molecule has 0 aromatic carbocycles. The van der Waals surface area contributed by atoms with Crippen LogP contribution in [0.25, 0.3) is 0 Å². The summed E-state index contributed by atoms with van der Waals surface area (Å²) in [6.07, 6.45) is 5.63. The van der Waals surface area contributed by atoms with Gasteiger partial charge in [0.25, 0.3) is 0 Å². The summed E-state index contributed by atoms with van der Waals surface area (Å²) in [6, 6.07) is 2.46. The lowest BCUT2D eigenvalue weighted by Gasteiger charge is -2.38. The molecule has 0 spiro atoms. The predicted molar refractivity (Wildman–Crippen MR) is 91.9 cm³/mol. The zero-order chi connectivity index (χ0) is 17.5. The Balaban J connectivity index is 2.58. The molecule has 0 radical (unpaired) electrons. The van der Waals surface area contributed by atoms with E-state index in [1.54, 1.807) is 4.90 Å². The summed E-state index contributed by atoms with van der Waals surface area (Å²) >= 11 is 0. The molecule has 1 aliphatic rings. The van der Waals surface area contributed by atoms with Crippen LogP contribution in [0.1, 0.15) is 40.0 Å². The van der Waals surface area contributed by atoms with Gasteiger partial charge in [-0.1, -0.05) is 24.3 Å². The number of piperidine rings is 1. The summed E-state index contributed by atoms with van der Waals surface area (Å²) in [7, 11) is 1.89. The lowest BCUT2D eigenvalue weighted by atomic mass is 9.75. The Kier molecular flexibility index (Phi) is 6.83. The fourth-order valence-corrected chi connectivity index (χ4v) is 2.61. The topological polar surface area (TPSA) is 65.4 Å². The number of allylic oxidation sites excluding steroid dienone is 2. The van der Waals surface area contributed by atoms with Crippen molar-refractivity contribution in [2.24, 2.45) is 5.41 Å². The number of likely N-dealkylation sites (N-methyl/N-ethyl adjacent to an activating group) is 1. The van der Waals surface area contributed by atoms with E-state index in [-0.39, 0.29) is 6.09 Å². The first-order valence-corrected chi connectivity index (χ1v) is 8.09. The van der Waals surface area contributed by atoms with E-state index in [0.717, 1.165) is 12.1 Å². The van der Waals surface area contributed by atoms with Crippen molar-refractivity contribution < 1.29 is 9.53 Å². The molecule has 0 bridgehead atoms. The second kappa shape index (κ2) is 8.16. The summed E-state index contributed by atoms with van der Waals surface area (Å²) in [5, 5.41) is 12.6. The van der Waals surface area contributed by atoms with Gasteiger partial charge in [-0.2, -0.15) is 5.26 Å². The molecule has 1 fully saturated rings. The maximum Gasteiger partial charge on any atom is 0.410 e. The minimum atomic E-state index is -0.493. The van der Waals surface area contributed by atoms with Crippen LogP contribution >= 0.6 is 0 Å². The molecule has 1 N–H and O–H groups in total. The number of carbonyl (C=O) groups excluding carboxylic acids is 1. The van der Waals surface area contributed by atoms with E-state index < -0.39 is 11.0 Å². The van der Waals surface area contributed by atoms with Gasteiger partial charge in [0, 0.05) is 19.6 Å². The number of carbonyl (C=O) groups is 1. The molecule has 1 rings (SSSR count). The van der Waals surface area contributed by atoms with Crippen LogP contribution in [0.15, 0.2) is 24.3 Å². The number of hydrogen-bond donors (Lipinski definition) is 1. The van der Waals surface area contributed by atoms with Crippen molar-refractivity contribution in [1.29, 1.82) is 5.26 Å². The summed E-state index contributed by atoms with van der Waals surface area (Å²) in [6.45, 7) is 11.5. The average Bonchev–Trinajstić information content (AvgIpc) is 2.46. The standard InChI is InChI=1S/C18H29N3O2/c1-15(7-6-10-20-5)13-18(14-19)8-11-21(12-9-18)16(22)23-17(2,3)4/h6-7,20H,1,8-13H2,2-5H3/b7-6-. The van der Waals surface area contributed by atoms with Gasteiger partial charge in [0.05, 0.1) is 11.5 Å². The Labute approximate surface area is 140 Å². The van der Waals surface area contributed by atoms with Gasteiger partial charge in [-0.3, -0.25) is 0 Å². The summed E-state index contributed by atoms with van der Waals surface area (Å²) in [4.78, 5) is 13.8. The highest BCUT2D eigenvalue weighted by Gasteiger charge is 2.37. The third-order valence-corrected chi connectivity index (χ3v) is 3.85. The molecule has 23 heavy (non-hydrogen) atoms. The van der Waals surface area contributed by atoms with E-state index in [1.807, 2.05) is 40.0 Å². The molecule has 5 nitrogen and oxygen atoms in total. The molecule has 1 heterocycles. The SMILES string of the molecule is C=C(/C=C\CNC)CC1(C#N)CCN(C(=O)OC(C)(C)C)CC1. The Bertz CT molecular complexity index is 489. The third kappa shape index (κ3) is 6.45. The average molecular weight is 319 g/mol. The lowest BCUT2D eigenvalue weighted by molar-refractivity contribution is 0.0149. The lowest BCUT2D eigenvalue weighted by Crippen LogP contribution is -2.44. The monoisotopic (exact) mass is 319 g/mol. The van der Waals surface area contributed by atoms with Crippen molar-refractivity contribution in [3.8, 4) is 6.07 Å². The van der Waals surface area contributed by atoms with Crippen LogP contribution in [0.3, 0.4) is 0 Å². The van der Waals surface area contributed by atoms with Crippen LogP contribution in [0, 0.1) is 16.7 Å². The van der Waals surface area contributed by atoms with E-state index in [4.69, 9.17) is 4.74 Å². The largest absolute Gasteiger partial charge is 0.444 e. The predicted octanol–water partition coefficient (Wildman–Crippen LogP) is 3.25. The molecule has 0 saturated carbocycles. The molecule has 0 unspecified atom stereocenters. The van der Waals surface area contributed by atoms with Gasteiger partial charge < -0.3 is 15.0 Å². The van der Waals surface area contributed by atoms with E-state index >= 15 is 0 Å². The van der Waals surface area contributed by atoms with Gasteiger partial charge >= 0.3 is 6.09 Å². The van der Waals surface area contributed by atoms with Gasteiger partial charge in [-0.05, 0) is 47.1 Å². The van der Waals surface area contributed by atoms with Crippen molar-refractivity contribution in [3.05, 3.63) is 24.3 Å². The number of hydrogen-bond acceptors (Lipinski definition) is 4. The quantitative estimate of drug-likeness (QED) is 0.790. The number of nitrogens with one attached hydrogen (secondary N) is 1. The molecule has 5 heteroatoms. The zero-order valence-corrected chi connectivity index (χ0v) is 14.8. The van der Waals surface area contributed by atoms with E-state index in [1.165, 1.54) is 0 Å². The highest BCUT2D eigenvalue weighted by atomic mass is 16.6. The number of ether oxygens (including phenoxy) is 1. The first-order chi connectivity index (χ1) is 10.7. The van der Waals surface area contributed by atoms with Crippen molar-refractivity contribution >= 4 is 6.09 Å². The van der Waals surface area contributed by atoms with Gasteiger partial charge in [0.1, 0.15) is 5.60 Å². The minimum Gasteiger partial charge on any atom is -0.444 e. The summed E-state index contributed by atoms with van der Waals surface area (Å²) in [5.74, 6) is 0. The Morgan fingerprint density at radius 1 is 1.43 bits per heavy atom. The van der Waals surface area contributed by atoms with Crippen LogP contribution in [-0.2, 0) is 4.74 Å². The fourth-order valence-electron chi connectivity index (χ4n) is 2.61. The van der Waals surface area contributed by atoms with Crippen molar-refractivity contribution in [2.45, 2.75) is 45.6 Å². The smallest absolute Gasteiger partial charge is 0.410 e. The molecule has 128 valence electrons. The van der Waals surface area contributed by atoms with Crippen LogP contribution in [0.4, 0.5) is 4.79 Å². The van der Waals surface area contributed by atoms with Crippen LogP contribution in [-0.4, -0.2) is 43.3 Å². The molecule has 0 aromatic rings. The van der Waals surface area contributed by atoms with Gasteiger partial charge in [-0.25, -0.2) is 4.79 Å². The van der Waals surface area contributed by atoms with Gasteiger partial charge in [-0.15, -0.1) is 0 Å². The summed E-state index contributed by atoms with van der Waals surface area (Å²) < 4.78 is 5.39. The first kappa shape index (κ1) is 19.2. The van der Waals surface area contributed by atoms with Gasteiger partial charge in [0.15, 0.2) is 0 Å². The number of nitrogens with zero attached hydrogens (tertiary/aromatic N) is 2. The minimum absolute atomic E-state index is 0.295. The van der Waals surface area contributed by atoms with E-state index in [2.05, 4.69) is 18.0 Å². The fraction of sp³-hybridized carbons (Fsp3) is 0.667. The number of likely N-dealkylation sites (tertiary alicyclic amines) is 1. The van der Waals surface area contributed by atoms with Crippen molar-refractivity contribution in [3.63, 3.8) is 0 Å². The number of amides is 1. The highest BCUT2D eigenvalue weighted by molar-refractivity contribution is 5.68. The van der Waals surface area contributed by atoms with Crippen LogP contribution in [0.2, 0.25) is 0 Å². The normalized spacial score (nSPS) is 17.8. The highest BCUT2D eigenvalue weighted by Crippen LogP contribution is 2.37.